The molecule has 5 nitrogen and oxygen atoms in total. The molecule has 1 N–H and O–H groups in total. The first-order valence-electron chi connectivity index (χ1n) is 8.22. The van der Waals surface area contributed by atoms with Crippen LogP contribution in [0.3, 0.4) is 0 Å². The molecule has 1 aromatic rings. The van der Waals surface area contributed by atoms with Gasteiger partial charge in [-0.25, -0.2) is 13.1 Å². The lowest BCUT2D eigenvalue weighted by Crippen LogP contribution is -2.42. The Morgan fingerprint density at radius 1 is 1.35 bits per heavy atom. The Morgan fingerprint density at radius 2 is 2.04 bits per heavy atom. The number of sulfonamides is 1. The van der Waals surface area contributed by atoms with Crippen LogP contribution in [0.1, 0.15) is 45.6 Å². The average molecular weight is 336 g/mol. The van der Waals surface area contributed by atoms with Gasteiger partial charge in [0.2, 0.25) is 15.9 Å². The zero-order valence-electron chi connectivity index (χ0n) is 13.9. The minimum atomic E-state index is -3.55. The maximum atomic E-state index is 12.5. The maximum absolute atomic E-state index is 12.5. The molecular formula is C17H24N2O3S. The smallest absolute Gasteiger partial charge is 0.241 e. The summed E-state index contributed by atoms with van der Waals surface area (Å²) in [6, 6.07) is 5.09. The van der Waals surface area contributed by atoms with Crippen molar-refractivity contribution in [3.63, 3.8) is 0 Å². The van der Waals surface area contributed by atoms with Gasteiger partial charge in [0.1, 0.15) is 0 Å². The fourth-order valence-electron chi connectivity index (χ4n) is 2.82. The molecule has 1 aromatic carbocycles. The van der Waals surface area contributed by atoms with Crippen molar-refractivity contribution in [1.82, 2.24) is 4.72 Å². The molecule has 1 aliphatic heterocycles. The van der Waals surface area contributed by atoms with E-state index in [9.17, 15) is 13.2 Å². The lowest BCUT2D eigenvalue weighted by atomic mass is 10.0. The number of rotatable bonds is 5. The van der Waals surface area contributed by atoms with Crippen molar-refractivity contribution in [2.45, 2.75) is 56.9 Å². The van der Waals surface area contributed by atoms with E-state index in [0.29, 0.717) is 19.4 Å². The molecule has 1 fully saturated rings. The van der Waals surface area contributed by atoms with E-state index in [1.165, 1.54) is 0 Å². The van der Waals surface area contributed by atoms with Crippen LogP contribution >= 0.6 is 0 Å². The predicted octanol–water partition coefficient (Wildman–Crippen LogP) is 2.45. The van der Waals surface area contributed by atoms with E-state index in [1.54, 1.807) is 18.2 Å². The Morgan fingerprint density at radius 3 is 2.65 bits per heavy atom. The molecule has 0 unspecified atom stereocenters. The number of nitrogens with one attached hydrogen (secondary N) is 1. The second kappa shape index (κ2) is 5.60. The number of carbonyl (C=O) groups excluding carboxylic acids is 1. The van der Waals surface area contributed by atoms with Crippen LogP contribution < -0.4 is 9.62 Å². The summed E-state index contributed by atoms with van der Waals surface area (Å²) in [5.74, 6) is 0.362. The van der Waals surface area contributed by atoms with Crippen LogP contribution in [0, 0.1) is 5.92 Å². The highest BCUT2D eigenvalue weighted by Crippen LogP contribution is 2.37. The lowest BCUT2D eigenvalue weighted by molar-refractivity contribution is -0.119. The first-order valence-corrected chi connectivity index (χ1v) is 9.70. The molecule has 1 aliphatic carbocycles. The van der Waals surface area contributed by atoms with Gasteiger partial charge in [-0.1, -0.05) is 6.92 Å². The van der Waals surface area contributed by atoms with Gasteiger partial charge in [0.15, 0.2) is 0 Å². The number of carbonyl (C=O) groups is 1. The van der Waals surface area contributed by atoms with Crippen molar-refractivity contribution >= 4 is 21.6 Å². The largest absolute Gasteiger partial charge is 0.312 e. The van der Waals surface area contributed by atoms with Gasteiger partial charge >= 0.3 is 0 Å². The van der Waals surface area contributed by atoms with Gasteiger partial charge in [0.05, 0.1) is 4.90 Å². The zero-order chi connectivity index (χ0) is 16.8. The van der Waals surface area contributed by atoms with Crippen LogP contribution in [0.2, 0.25) is 0 Å². The Labute approximate surface area is 138 Å². The molecule has 1 heterocycles. The van der Waals surface area contributed by atoms with Crippen molar-refractivity contribution in [2.75, 3.05) is 11.4 Å². The first-order chi connectivity index (χ1) is 10.7. The molecule has 6 heteroatoms. The minimum absolute atomic E-state index is 0.177. The minimum Gasteiger partial charge on any atom is -0.312 e. The molecule has 1 saturated carbocycles. The van der Waals surface area contributed by atoms with Gasteiger partial charge in [-0.15, -0.1) is 0 Å². The topological polar surface area (TPSA) is 66.5 Å². The number of fused-ring (bicyclic) bond motifs is 1. The lowest BCUT2D eigenvalue weighted by Gasteiger charge is -2.24. The van der Waals surface area contributed by atoms with Crippen molar-refractivity contribution in [3.8, 4) is 0 Å². The van der Waals surface area contributed by atoms with Crippen LogP contribution in [0.25, 0.3) is 0 Å². The van der Waals surface area contributed by atoms with Gasteiger partial charge in [-0.05, 0) is 63.3 Å². The van der Waals surface area contributed by atoms with Crippen LogP contribution in [-0.4, -0.2) is 26.4 Å². The molecule has 0 bridgehead atoms. The van der Waals surface area contributed by atoms with E-state index in [4.69, 9.17) is 0 Å². The van der Waals surface area contributed by atoms with E-state index in [2.05, 4.69) is 4.72 Å². The quantitative estimate of drug-likeness (QED) is 0.898. The van der Waals surface area contributed by atoms with Gasteiger partial charge in [0, 0.05) is 23.7 Å². The second-order valence-electron chi connectivity index (χ2n) is 7.15. The Hall–Kier alpha value is -1.40. The van der Waals surface area contributed by atoms with Gasteiger partial charge in [-0.2, -0.15) is 0 Å². The normalized spacial score (nSPS) is 18.1. The fraction of sp³-hybridized carbons (Fsp3) is 0.588. The van der Waals surface area contributed by atoms with Gasteiger partial charge < -0.3 is 4.90 Å². The summed E-state index contributed by atoms with van der Waals surface area (Å²) < 4.78 is 27.8. The fourth-order valence-corrected chi connectivity index (χ4v) is 4.35. The Bertz CT molecular complexity index is 736. The highest BCUT2D eigenvalue weighted by atomic mass is 32.2. The second-order valence-corrected chi connectivity index (χ2v) is 8.83. The first kappa shape index (κ1) is 16.5. The number of nitrogens with zero attached hydrogens (tertiary/aromatic N) is 1. The molecule has 2 aliphatic rings. The molecule has 0 atom stereocenters. The van der Waals surface area contributed by atoms with E-state index in [1.807, 2.05) is 25.7 Å². The molecule has 0 spiro atoms. The van der Waals surface area contributed by atoms with E-state index >= 15 is 0 Å². The summed E-state index contributed by atoms with van der Waals surface area (Å²) in [6.07, 6.45) is 3.38. The van der Waals surface area contributed by atoms with Crippen molar-refractivity contribution < 1.29 is 13.2 Å². The number of anilines is 1. The summed E-state index contributed by atoms with van der Waals surface area (Å²) in [4.78, 5) is 14.4. The number of hydrogen-bond acceptors (Lipinski definition) is 3. The zero-order valence-corrected chi connectivity index (χ0v) is 14.7. The summed E-state index contributed by atoms with van der Waals surface area (Å²) >= 11 is 0. The third kappa shape index (κ3) is 3.28. The van der Waals surface area contributed by atoms with Crippen LogP contribution in [0.4, 0.5) is 5.69 Å². The third-order valence-corrected chi connectivity index (χ3v) is 6.44. The molecule has 0 aromatic heterocycles. The van der Waals surface area contributed by atoms with E-state index in [-0.39, 0.29) is 16.7 Å². The van der Waals surface area contributed by atoms with Crippen LogP contribution in [0.15, 0.2) is 23.1 Å². The van der Waals surface area contributed by atoms with Crippen molar-refractivity contribution in [2.24, 2.45) is 5.92 Å². The average Bonchev–Trinajstić information content (AvgIpc) is 3.24. The van der Waals surface area contributed by atoms with Crippen molar-refractivity contribution in [3.05, 3.63) is 23.8 Å². The van der Waals surface area contributed by atoms with E-state index in [0.717, 1.165) is 24.1 Å². The molecule has 1 amide bonds. The Balaban J connectivity index is 1.86. The maximum Gasteiger partial charge on any atom is 0.241 e. The number of benzene rings is 1. The summed E-state index contributed by atoms with van der Waals surface area (Å²) in [7, 11) is -3.55. The molecule has 0 radical (unpaired) electrons. The molecule has 23 heavy (non-hydrogen) atoms. The number of hydrogen-bond donors (Lipinski definition) is 1. The SMILES string of the molecule is CCC(C)(C)NS(=O)(=O)c1ccc2c(c1)CCN2C(=O)C1CC1. The molecule has 126 valence electrons. The summed E-state index contributed by atoms with van der Waals surface area (Å²) in [6.45, 7) is 6.34. The standard InChI is InChI=1S/C17H24N2O3S/c1-4-17(2,3)18-23(21,22)14-7-8-15-13(11-14)9-10-19(15)16(20)12-5-6-12/h7-8,11-12,18H,4-6,9-10H2,1-3H3. The highest BCUT2D eigenvalue weighted by Gasteiger charge is 2.37. The van der Waals surface area contributed by atoms with Crippen molar-refractivity contribution in [1.29, 1.82) is 0 Å². The summed E-state index contributed by atoms with van der Waals surface area (Å²) in [5, 5.41) is 0. The molecule has 3 rings (SSSR count). The Kier molecular flexibility index (Phi) is 4.01. The van der Waals surface area contributed by atoms with Gasteiger partial charge in [-0.3, -0.25) is 4.79 Å². The van der Waals surface area contributed by atoms with Crippen LogP contribution in [-0.2, 0) is 21.2 Å². The third-order valence-electron chi connectivity index (χ3n) is 4.74. The highest BCUT2D eigenvalue weighted by molar-refractivity contribution is 7.89. The van der Waals surface area contributed by atoms with Gasteiger partial charge in [0.25, 0.3) is 0 Å². The molecule has 0 saturated heterocycles. The van der Waals surface area contributed by atoms with Crippen LogP contribution in [0.5, 0.6) is 0 Å². The molecular weight excluding hydrogens is 312 g/mol. The monoisotopic (exact) mass is 336 g/mol. The number of amides is 1. The van der Waals surface area contributed by atoms with E-state index < -0.39 is 15.6 Å². The predicted molar refractivity (Wildman–Crippen MR) is 89.9 cm³/mol. The summed E-state index contributed by atoms with van der Waals surface area (Å²) in [5.41, 5.74) is 1.33.